The molecule has 0 atom stereocenters. The van der Waals surface area contributed by atoms with Gasteiger partial charge in [0, 0.05) is 18.8 Å². The Kier molecular flexibility index (Phi) is 4.32. The van der Waals surface area contributed by atoms with Gasteiger partial charge in [-0.15, -0.1) is 0 Å². The second-order valence-electron chi connectivity index (χ2n) is 4.41. The monoisotopic (exact) mass is 242 g/mol. The summed E-state index contributed by atoms with van der Waals surface area (Å²) in [6, 6.07) is 11.7. The van der Waals surface area contributed by atoms with Crippen molar-refractivity contribution in [2.75, 3.05) is 25.0 Å². The van der Waals surface area contributed by atoms with Crippen LogP contribution in [0.15, 0.2) is 30.3 Å². The van der Waals surface area contributed by atoms with Crippen molar-refractivity contribution in [3.05, 3.63) is 36.2 Å². The summed E-state index contributed by atoms with van der Waals surface area (Å²) < 4.78 is 0. The van der Waals surface area contributed by atoms with Crippen molar-refractivity contribution < 1.29 is 4.79 Å². The second kappa shape index (κ2) is 6.18. The van der Waals surface area contributed by atoms with Crippen molar-refractivity contribution >= 4 is 11.6 Å². The molecule has 1 radical (unpaired) electrons. The maximum atomic E-state index is 11.8. The molecule has 0 aliphatic carbocycles. The number of nitriles is 1. The van der Waals surface area contributed by atoms with Crippen LogP contribution in [0.2, 0.25) is 0 Å². The normalized spacial score (nSPS) is 17.1. The molecule has 0 spiro atoms. The number of carbonyl (C=O) groups is 1. The Labute approximate surface area is 107 Å². The lowest BCUT2D eigenvalue weighted by molar-refractivity contribution is -0.117. The highest BCUT2D eigenvalue weighted by atomic mass is 16.2. The average Bonchev–Trinajstić information content (AvgIpc) is 2.40. The van der Waals surface area contributed by atoms with Gasteiger partial charge in [0.25, 0.3) is 0 Å². The molecule has 1 N–H and O–H groups in total. The standard InChI is InChI=1S/C14H16N3O/c15-10-12-6-8-17(9-7-12)11-14(18)16-13-4-2-1-3-5-13/h1-5H,6-9,11H2,(H,16,18). The van der Waals surface area contributed by atoms with E-state index in [2.05, 4.69) is 16.3 Å². The molecule has 0 saturated carbocycles. The minimum Gasteiger partial charge on any atom is -0.325 e. The van der Waals surface area contributed by atoms with Crippen LogP contribution in [0.3, 0.4) is 0 Å². The van der Waals surface area contributed by atoms with E-state index in [-0.39, 0.29) is 5.91 Å². The molecular formula is C14H16N3O. The molecule has 93 valence electrons. The summed E-state index contributed by atoms with van der Waals surface area (Å²) >= 11 is 0. The number of benzene rings is 1. The van der Waals surface area contributed by atoms with Crippen LogP contribution in [0.4, 0.5) is 5.69 Å². The van der Waals surface area contributed by atoms with Crippen LogP contribution < -0.4 is 5.32 Å². The maximum Gasteiger partial charge on any atom is 0.238 e. The van der Waals surface area contributed by atoms with Crippen LogP contribution in [0.25, 0.3) is 0 Å². The smallest absolute Gasteiger partial charge is 0.238 e. The first-order valence-corrected chi connectivity index (χ1v) is 6.10. The minimum absolute atomic E-state index is 0.00149. The SMILES string of the molecule is N#C[C]1CCN(CC(=O)Nc2ccccc2)CC1. The maximum absolute atomic E-state index is 11.8. The molecule has 0 bridgehead atoms. The summed E-state index contributed by atoms with van der Waals surface area (Å²) in [5.74, 6) is 0.941. The molecule has 0 aromatic heterocycles. The molecule has 1 fully saturated rings. The van der Waals surface area contributed by atoms with Gasteiger partial charge in [0.05, 0.1) is 18.5 Å². The molecule has 1 aromatic carbocycles. The highest BCUT2D eigenvalue weighted by molar-refractivity contribution is 5.92. The van der Waals surface area contributed by atoms with Crippen LogP contribution in [-0.4, -0.2) is 30.4 Å². The van der Waals surface area contributed by atoms with E-state index in [0.29, 0.717) is 6.54 Å². The van der Waals surface area contributed by atoms with Gasteiger partial charge in [0.15, 0.2) is 0 Å². The third-order valence-electron chi connectivity index (χ3n) is 3.04. The predicted molar refractivity (Wildman–Crippen MR) is 69.6 cm³/mol. The third kappa shape index (κ3) is 3.57. The van der Waals surface area contributed by atoms with E-state index < -0.39 is 0 Å². The molecule has 18 heavy (non-hydrogen) atoms. The zero-order valence-electron chi connectivity index (χ0n) is 10.2. The first-order valence-electron chi connectivity index (χ1n) is 6.10. The topological polar surface area (TPSA) is 56.1 Å². The molecule has 1 aliphatic rings. The first kappa shape index (κ1) is 12.6. The fraction of sp³-hybridized carbons (Fsp3) is 0.357. The number of hydrogen-bond donors (Lipinski definition) is 1. The van der Waals surface area contributed by atoms with E-state index in [4.69, 9.17) is 5.26 Å². The zero-order chi connectivity index (χ0) is 12.8. The molecule has 4 heteroatoms. The first-order chi connectivity index (χ1) is 8.78. The Bertz CT molecular complexity index is 430. The van der Waals surface area contributed by atoms with Crippen LogP contribution in [0.5, 0.6) is 0 Å². The van der Waals surface area contributed by atoms with E-state index in [9.17, 15) is 4.79 Å². The van der Waals surface area contributed by atoms with Gasteiger partial charge in [-0.2, -0.15) is 5.26 Å². The van der Waals surface area contributed by atoms with E-state index >= 15 is 0 Å². The lowest BCUT2D eigenvalue weighted by Gasteiger charge is -2.27. The Morgan fingerprint density at radius 1 is 1.28 bits per heavy atom. The lowest BCUT2D eigenvalue weighted by Crippen LogP contribution is -2.38. The molecule has 1 aromatic rings. The average molecular weight is 242 g/mol. The summed E-state index contributed by atoms with van der Waals surface area (Å²) in [4.78, 5) is 13.9. The molecule has 1 amide bonds. The van der Waals surface area contributed by atoms with Gasteiger partial charge >= 0.3 is 0 Å². The summed E-state index contributed by atoms with van der Waals surface area (Å²) in [5, 5.41) is 11.6. The van der Waals surface area contributed by atoms with Gasteiger partial charge in [0.2, 0.25) is 5.91 Å². The van der Waals surface area contributed by atoms with Gasteiger partial charge < -0.3 is 5.32 Å². The van der Waals surface area contributed by atoms with Gasteiger partial charge in [-0.25, -0.2) is 0 Å². The number of rotatable bonds is 3. The second-order valence-corrected chi connectivity index (χ2v) is 4.41. The summed E-state index contributed by atoms with van der Waals surface area (Å²) in [5.41, 5.74) is 0.823. The molecule has 1 saturated heterocycles. The van der Waals surface area contributed by atoms with Crippen molar-refractivity contribution in [2.45, 2.75) is 12.8 Å². The largest absolute Gasteiger partial charge is 0.325 e. The molecule has 1 heterocycles. The number of piperidine rings is 1. The minimum atomic E-state index is 0.00149. The van der Waals surface area contributed by atoms with E-state index in [1.165, 1.54) is 0 Å². The summed E-state index contributed by atoms with van der Waals surface area (Å²) in [6.07, 6.45) is 1.57. The van der Waals surface area contributed by atoms with Crippen LogP contribution in [-0.2, 0) is 4.79 Å². The third-order valence-corrected chi connectivity index (χ3v) is 3.04. The van der Waals surface area contributed by atoms with E-state index in [1.54, 1.807) is 0 Å². The van der Waals surface area contributed by atoms with E-state index in [0.717, 1.165) is 37.5 Å². The molecule has 2 rings (SSSR count). The number of para-hydroxylation sites is 1. The highest BCUT2D eigenvalue weighted by Crippen LogP contribution is 2.17. The number of nitrogens with zero attached hydrogens (tertiary/aromatic N) is 2. The summed E-state index contributed by atoms with van der Waals surface area (Å²) in [7, 11) is 0. The Morgan fingerprint density at radius 2 is 1.94 bits per heavy atom. The van der Waals surface area contributed by atoms with Gasteiger partial charge in [-0.3, -0.25) is 9.69 Å². The number of hydrogen-bond acceptors (Lipinski definition) is 3. The van der Waals surface area contributed by atoms with E-state index in [1.807, 2.05) is 30.3 Å². The van der Waals surface area contributed by atoms with Crippen molar-refractivity contribution in [1.82, 2.24) is 4.90 Å². The number of amides is 1. The number of likely N-dealkylation sites (tertiary alicyclic amines) is 1. The number of carbonyl (C=O) groups excluding carboxylic acids is 1. The molecule has 1 aliphatic heterocycles. The predicted octanol–water partition coefficient (Wildman–Crippen LogP) is 1.82. The van der Waals surface area contributed by atoms with Crippen molar-refractivity contribution in [2.24, 2.45) is 0 Å². The van der Waals surface area contributed by atoms with Gasteiger partial charge in [0.1, 0.15) is 0 Å². The number of anilines is 1. The van der Waals surface area contributed by atoms with Crippen LogP contribution in [0, 0.1) is 17.2 Å². The number of nitrogens with one attached hydrogen (secondary N) is 1. The molecular weight excluding hydrogens is 226 g/mol. The van der Waals surface area contributed by atoms with Gasteiger partial charge in [-0.1, -0.05) is 18.2 Å². The Hall–Kier alpha value is -1.86. The Balaban J connectivity index is 1.77. The van der Waals surface area contributed by atoms with Crippen LogP contribution in [0.1, 0.15) is 12.8 Å². The van der Waals surface area contributed by atoms with Crippen LogP contribution >= 0.6 is 0 Å². The quantitative estimate of drug-likeness (QED) is 0.879. The summed E-state index contributed by atoms with van der Waals surface area (Å²) in [6.45, 7) is 1.99. The zero-order valence-corrected chi connectivity index (χ0v) is 10.2. The molecule has 4 nitrogen and oxygen atoms in total. The van der Waals surface area contributed by atoms with Crippen molar-refractivity contribution in [1.29, 1.82) is 5.26 Å². The Morgan fingerprint density at radius 3 is 2.56 bits per heavy atom. The van der Waals surface area contributed by atoms with Crippen molar-refractivity contribution in [3.8, 4) is 6.07 Å². The van der Waals surface area contributed by atoms with Crippen molar-refractivity contribution in [3.63, 3.8) is 0 Å². The fourth-order valence-corrected chi connectivity index (χ4v) is 2.02. The fourth-order valence-electron chi connectivity index (χ4n) is 2.02. The lowest BCUT2D eigenvalue weighted by atomic mass is 9.99. The van der Waals surface area contributed by atoms with Gasteiger partial charge in [-0.05, 0) is 25.0 Å². The molecule has 0 unspecified atom stereocenters. The highest BCUT2D eigenvalue weighted by Gasteiger charge is 2.20.